The molecule has 0 amide bonds. The third kappa shape index (κ3) is 5.16. The van der Waals surface area contributed by atoms with Crippen molar-refractivity contribution in [2.75, 3.05) is 38.0 Å². The maximum Gasteiger partial charge on any atom is 0.250 e. The molecule has 4 nitrogen and oxygen atoms in total. The maximum atomic E-state index is 12.3. The van der Waals surface area contributed by atoms with E-state index in [9.17, 15) is 5.11 Å². The van der Waals surface area contributed by atoms with Crippen molar-refractivity contribution in [3.8, 4) is 5.75 Å². The number of hydrogen-bond acceptors (Lipinski definition) is 4. The lowest BCUT2D eigenvalue weighted by Crippen LogP contribution is -2.43. The third-order valence-corrected chi connectivity index (χ3v) is 11.4. The molecule has 0 aromatic heterocycles. The van der Waals surface area contributed by atoms with E-state index in [4.69, 9.17) is 4.43 Å². The summed E-state index contributed by atoms with van der Waals surface area (Å²) in [6, 6.07) is 24.2. The Kier molecular flexibility index (Phi) is 7.20. The molecule has 3 aromatic carbocycles. The molecule has 0 saturated heterocycles. The van der Waals surface area contributed by atoms with Gasteiger partial charge in [0.05, 0.1) is 0 Å². The Morgan fingerprint density at radius 1 is 0.618 bits per heavy atom. The number of hydrogen-bond donors (Lipinski definition) is 1. The van der Waals surface area contributed by atoms with Gasteiger partial charge >= 0.3 is 0 Å². The molecule has 0 heterocycles. The highest BCUT2D eigenvalue weighted by atomic mass is 28.4. The highest BCUT2D eigenvalue weighted by molar-refractivity contribution is 6.74. The first-order valence-electron chi connectivity index (χ1n) is 11.8. The van der Waals surface area contributed by atoms with Crippen molar-refractivity contribution < 1.29 is 9.53 Å². The van der Waals surface area contributed by atoms with Crippen molar-refractivity contribution in [3.05, 3.63) is 89.5 Å². The van der Waals surface area contributed by atoms with Crippen LogP contribution in [-0.4, -0.2) is 41.6 Å². The van der Waals surface area contributed by atoms with Gasteiger partial charge in [0.25, 0.3) is 0 Å². The molecule has 1 N–H and O–H groups in total. The third-order valence-electron chi connectivity index (χ3n) is 7.05. The summed E-state index contributed by atoms with van der Waals surface area (Å²) in [6.45, 7) is 11.2. The van der Waals surface area contributed by atoms with Gasteiger partial charge in [-0.2, -0.15) is 0 Å². The Morgan fingerprint density at radius 3 is 1.24 bits per heavy atom. The smallest absolute Gasteiger partial charge is 0.250 e. The van der Waals surface area contributed by atoms with Crippen LogP contribution in [0.1, 0.15) is 37.5 Å². The van der Waals surface area contributed by atoms with Crippen molar-refractivity contribution in [2.45, 2.75) is 44.5 Å². The fourth-order valence-corrected chi connectivity index (χ4v) is 4.74. The molecule has 182 valence electrons. The van der Waals surface area contributed by atoms with E-state index < -0.39 is 13.9 Å². The minimum atomic E-state index is -1.94. The maximum absolute atomic E-state index is 12.3. The monoisotopic (exact) mass is 476 g/mol. The molecule has 0 aliphatic carbocycles. The molecule has 0 bridgehead atoms. The number of anilines is 2. The second kappa shape index (κ2) is 9.47. The minimum Gasteiger partial charge on any atom is -0.544 e. The van der Waals surface area contributed by atoms with Crippen molar-refractivity contribution in [1.29, 1.82) is 0 Å². The molecule has 0 atom stereocenters. The number of aliphatic hydroxyl groups is 1. The van der Waals surface area contributed by atoms with Crippen LogP contribution in [0.4, 0.5) is 11.4 Å². The molecule has 0 fully saturated rings. The summed E-state index contributed by atoms with van der Waals surface area (Å²) in [5.74, 6) is 0.851. The lowest BCUT2D eigenvalue weighted by Gasteiger charge is -2.36. The van der Waals surface area contributed by atoms with Gasteiger partial charge in [0, 0.05) is 39.6 Å². The standard InChI is InChI=1S/C29H40N2O2Si/c1-28(2,3)34(8,9)33-27-20-14-24(15-21-27)29(32,22-10-16-25(17-11-22)30(4)5)23-12-18-26(19-13-23)31(6)7/h10-21,32H,1-9H3. The van der Waals surface area contributed by atoms with Crippen LogP contribution in [0.3, 0.4) is 0 Å². The largest absolute Gasteiger partial charge is 0.544 e. The van der Waals surface area contributed by atoms with Crippen LogP contribution in [0, 0.1) is 0 Å². The first-order chi connectivity index (χ1) is 15.8. The van der Waals surface area contributed by atoms with E-state index in [1.807, 2.05) is 101 Å². The van der Waals surface area contributed by atoms with E-state index in [2.05, 4.69) is 43.7 Å². The SMILES string of the molecule is CN(C)c1ccc(C(O)(c2ccc(O[Si](C)(C)C(C)(C)C)cc2)c2ccc(N(C)C)cc2)cc1. The van der Waals surface area contributed by atoms with Gasteiger partial charge in [-0.05, 0) is 71.2 Å². The van der Waals surface area contributed by atoms with Crippen molar-refractivity contribution in [2.24, 2.45) is 0 Å². The lowest BCUT2D eigenvalue weighted by molar-refractivity contribution is 0.125. The van der Waals surface area contributed by atoms with Gasteiger partial charge in [0.2, 0.25) is 8.32 Å². The van der Waals surface area contributed by atoms with E-state index in [1.165, 1.54) is 0 Å². The molecule has 0 aliphatic rings. The molecule has 0 aliphatic heterocycles. The molecular formula is C29H40N2O2Si. The molecule has 0 radical (unpaired) electrons. The Labute approximate surface area is 206 Å². The number of benzene rings is 3. The van der Waals surface area contributed by atoms with Gasteiger partial charge in [-0.15, -0.1) is 0 Å². The normalized spacial score (nSPS) is 12.4. The quantitative estimate of drug-likeness (QED) is 0.312. The summed E-state index contributed by atoms with van der Waals surface area (Å²) < 4.78 is 6.48. The van der Waals surface area contributed by atoms with Crippen LogP contribution in [0.25, 0.3) is 0 Å². The van der Waals surface area contributed by atoms with Crippen LogP contribution in [-0.2, 0) is 5.60 Å². The number of nitrogens with zero attached hydrogens (tertiary/aromatic N) is 2. The number of rotatable bonds is 7. The zero-order chi connectivity index (χ0) is 25.3. The minimum absolute atomic E-state index is 0.120. The van der Waals surface area contributed by atoms with Crippen LogP contribution in [0.2, 0.25) is 18.1 Å². The second-order valence-electron chi connectivity index (χ2n) is 11.0. The zero-order valence-electron chi connectivity index (χ0n) is 22.2. The Morgan fingerprint density at radius 2 is 0.941 bits per heavy atom. The van der Waals surface area contributed by atoms with Gasteiger partial charge in [-0.25, -0.2) is 0 Å². The molecule has 0 saturated carbocycles. The molecule has 34 heavy (non-hydrogen) atoms. The molecule has 0 unspecified atom stereocenters. The van der Waals surface area contributed by atoms with Crippen molar-refractivity contribution in [3.63, 3.8) is 0 Å². The molecule has 3 aromatic rings. The van der Waals surface area contributed by atoms with Gasteiger partial charge in [0.15, 0.2) is 0 Å². The Bertz CT molecular complexity index is 1030. The van der Waals surface area contributed by atoms with E-state index in [1.54, 1.807) is 0 Å². The summed E-state index contributed by atoms with van der Waals surface area (Å²) in [5.41, 5.74) is 3.36. The summed E-state index contributed by atoms with van der Waals surface area (Å²) in [4.78, 5) is 4.11. The summed E-state index contributed by atoms with van der Waals surface area (Å²) >= 11 is 0. The van der Waals surface area contributed by atoms with Gasteiger partial charge in [-0.3, -0.25) is 0 Å². The predicted octanol–water partition coefficient (Wildman–Crippen LogP) is 6.49. The molecule has 3 rings (SSSR count). The zero-order valence-corrected chi connectivity index (χ0v) is 23.2. The van der Waals surface area contributed by atoms with Gasteiger partial charge < -0.3 is 19.3 Å². The van der Waals surface area contributed by atoms with Gasteiger partial charge in [0.1, 0.15) is 11.4 Å². The first-order valence-corrected chi connectivity index (χ1v) is 14.7. The summed E-state index contributed by atoms with van der Waals surface area (Å²) in [7, 11) is 6.12. The van der Waals surface area contributed by atoms with Crippen LogP contribution < -0.4 is 14.2 Å². The fourth-order valence-electron chi connectivity index (χ4n) is 3.71. The molecular weight excluding hydrogens is 436 g/mol. The first kappa shape index (κ1) is 25.9. The lowest BCUT2D eigenvalue weighted by atomic mass is 9.80. The Hall–Kier alpha value is -2.76. The van der Waals surface area contributed by atoms with Crippen molar-refractivity contribution >= 4 is 19.7 Å². The predicted molar refractivity (Wildman–Crippen MR) is 148 cm³/mol. The van der Waals surface area contributed by atoms with Crippen LogP contribution in [0.5, 0.6) is 5.75 Å². The molecule has 0 spiro atoms. The topological polar surface area (TPSA) is 35.9 Å². The van der Waals surface area contributed by atoms with Crippen LogP contribution >= 0.6 is 0 Å². The van der Waals surface area contributed by atoms with Crippen LogP contribution in [0.15, 0.2) is 72.8 Å². The summed E-state index contributed by atoms with van der Waals surface area (Å²) in [6.07, 6.45) is 0. The van der Waals surface area contributed by atoms with Gasteiger partial charge in [-0.1, -0.05) is 57.2 Å². The fraction of sp³-hybridized carbons (Fsp3) is 0.379. The van der Waals surface area contributed by atoms with E-state index in [0.29, 0.717) is 0 Å². The van der Waals surface area contributed by atoms with E-state index >= 15 is 0 Å². The highest BCUT2D eigenvalue weighted by Crippen LogP contribution is 2.40. The Balaban J connectivity index is 2.07. The second-order valence-corrected chi connectivity index (χ2v) is 15.7. The van der Waals surface area contributed by atoms with E-state index in [0.717, 1.165) is 33.8 Å². The average Bonchev–Trinajstić information content (AvgIpc) is 2.78. The van der Waals surface area contributed by atoms with E-state index in [-0.39, 0.29) is 5.04 Å². The molecule has 5 heteroatoms. The highest BCUT2D eigenvalue weighted by Gasteiger charge is 2.39. The van der Waals surface area contributed by atoms with Crippen molar-refractivity contribution in [1.82, 2.24) is 0 Å². The average molecular weight is 477 g/mol. The summed E-state index contributed by atoms with van der Waals surface area (Å²) in [5, 5.41) is 12.4.